The first kappa shape index (κ1) is 18.7. The zero-order valence-electron chi connectivity index (χ0n) is 16.4. The lowest BCUT2D eigenvalue weighted by atomic mass is 10.2. The Kier molecular flexibility index (Phi) is 4.92. The van der Waals surface area contributed by atoms with Crippen molar-refractivity contribution in [2.24, 2.45) is 0 Å². The molecular weight excluding hydrogens is 400 g/mol. The summed E-state index contributed by atoms with van der Waals surface area (Å²) in [5, 5.41) is 4.95. The summed E-state index contributed by atoms with van der Waals surface area (Å²) < 4.78 is 12.1. The number of aryl methyl sites for hydroxylation is 1. The molecule has 0 bridgehead atoms. The monoisotopic (exact) mass is 420 g/mol. The van der Waals surface area contributed by atoms with Crippen LogP contribution in [0, 0.1) is 6.92 Å². The fourth-order valence-electron chi connectivity index (χ4n) is 3.62. The second-order valence-corrected chi connectivity index (χ2v) is 8.34. The van der Waals surface area contributed by atoms with E-state index in [1.54, 1.807) is 23.6 Å². The minimum absolute atomic E-state index is 0.0232. The standard InChI is InChI=1S/C22H20N4O3S/c1-14-8-9-15(12-23-14)28-13-16-11-18(25-29-16)22(27)26-10-4-6-19(26)21-24-17-5-2-3-7-20(17)30-21/h2-3,5,7-9,11-12,19H,4,6,10,13H2,1H3. The van der Waals surface area contributed by atoms with Crippen molar-refractivity contribution in [1.29, 1.82) is 0 Å². The molecular formula is C22H20N4O3S. The van der Waals surface area contributed by atoms with Gasteiger partial charge in [0, 0.05) is 18.3 Å². The van der Waals surface area contributed by atoms with Gasteiger partial charge in [-0.1, -0.05) is 17.3 Å². The maximum absolute atomic E-state index is 13.1. The lowest BCUT2D eigenvalue weighted by Crippen LogP contribution is -2.30. The van der Waals surface area contributed by atoms with E-state index >= 15 is 0 Å². The van der Waals surface area contributed by atoms with E-state index < -0.39 is 0 Å². The minimum atomic E-state index is -0.135. The highest BCUT2D eigenvalue weighted by molar-refractivity contribution is 7.18. The highest BCUT2D eigenvalue weighted by Gasteiger charge is 2.34. The van der Waals surface area contributed by atoms with Crippen molar-refractivity contribution in [2.75, 3.05) is 6.54 Å². The van der Waals surface area contributed by atoms with Crippen LogP contribution in [0.5, 0.6) is 5.75 Å². The maximum atomic E-state index is 13.1. The molecule has 3 aromatic heterocycles. The van der Waals surface area contributed by atoms with Crippen LogP contribution in [-0.2, 0) is 6.61 Å². The van der Waals surface area contributed by atoms with Crippen LogP contribution in [0.25, 0.3) is 10.2 Å². The summed E-state index contributed by atoms with van der Waals surface area (Å²) in [7, 11) is 0. The van der Waals surface area contributed by atoms with Crippen LogP contribution in [0.3, 0.4) is 0 Å². The van der Waals surface area contributed by atoms with Crippen molar-refractivity contribution in [3.8, 4) is 5.75 Å². The largest absolute Gasteiger partial charge is 0.484 e. The second-order valence-electron chi connectivity index (χ2n) is 7.28. The predicted molar refractivity (Wildman–Crippen MR) is 112 cm³/mol. The third kappa shape index (κ3) is 3.66. The number of carbonyl (C=O) groups excluding carboxylic acids is 1. The number of nitrogens with zero attached hydrogens (tertiary/aromatic N) is 4. The summed E-state index contributed by atoms with van der Waals surface area (Å²) in [5.74, 6) is 0.999. The number of likely N-dealkylation sites (tertiary alicyclic amines) is 1. The number of hydrogen-bond acceptors (Lipinski definition) is 7. The van der Waals surface area contributed by atoms with E-state index in [-0.39, 0.29) is 18.6 Å². The van der Waals surface area contributed by atoms with E-state index in [1.165, 1.54) is 0 Å². The normalized spacial score (nSPS) is 16.3. The summed E-state index contributed by atoms with van der Waals surface area (Å²) in [4.78, 5) is 23.9. The van der Waals surface area contributed by atoms with Gasteiger partial charge in [0.15, 0.2) is 11.5 Å². The number of fused-ring (bicyclic) bond motifs is 1. The van der Waals surface area contributed by atoms with Gasteiger partial charge in [-0.05, 0) is 44.0 Å². The van der Waals surface area contributed by atoms with Crippen LogP contribution in [0.15, 0.2) is 53.2 Å². The van der Waals surface area contributed by atoms with Crippen molar-refractivity contribution in [3.63, 3.8) is 0 Å². The molecule has 8 heteroatoms. The van der Waals surface area contributed by atoms with Gasteiger partial charge in [-0.15, -0.1) is 11.3 Å². The Bertz CT molecular complexity index is 1150. The highest BCUT2D eigenvalue weighted by atomic mass is 32.1. The van der Waals surface area contributed by atoms with E-state index in [1.807, 2.05) is 42.2 Å². The number of thiazole rings is 1. The smallest absolute Gasteiger partial charge is 0.276 e. The van der Waals surface area contributed by atoms with Crippen LogP contribution in [0.4, 0.5) is 0 Å². The van der Waals surface area contributed by atoms with Gasteiger partial charge in [-0.25, -0.2) is 4.98 Å². The molecule has 1 aliphatic heterocycles. The lowest BCUT2D eigenvalue weighted by molar-refractivity contribution is 0.0724. The van der Waals surface area contributed by atoms with Crippen LogP contribution >= 0.6 is 11.3 Å². The quantitative estimate of drug-likeness (QED) is 0.471. The highest BCUT2D eigenvalue weighted by Crippen LogP contribution is 2.37. The number of aromatic nitrogens is 3. The Balaban J connectivity index is 1.29. The molecule has 4 heterocycles. The van der Waals surface area contributed by atoms with E-state index in [9.17, 15) is 4.79 Å². The van der Waals surface area contributed by atoms with Gasteiger partial charge in [0.05, 0.1) is 22.5 Å². The van der Waals surface area contributed by atoms with E-state index in [4.69, 9.17) is 14.2 Å². The molecule has 0 aliphatic carbocycles. The molecule has 1 aromatic carbocycles. The molecule has 1 saturated heterocycles. The van der Waals surface area contributed by atoms with Gasteiger partial charge in [0.1, 0.15) is 17.4 Å². The molecule has 1 fully saturated rings. The molecule has 30 heavy (non-hydrogen) atoms. The van der Waals surface area contributed by atoms with Crippen LogP contribution in [-0.4, -0.2) is 32.5 Å². The van der Waals surface area contributed by atoms with E-state index in [2.05, 4.69) is 16.2 Å². The molecule has 1 unspecified atom stereocenters. The van der Waals surface area contributed by atoms with Gasteiger partial charge < -0.3 is 14.2 Å². The number of para-hydroxylation sites is 1. The molecule has 1 atom stereocenters. The van der Waals surface area contributed by atoms with Gasteiger partial charge >= 0.3 is 0 Å². The third-order valence-electron chi connectivity index (χ3n) is 5.15. The third-order valence-corrected chi connectivity index (χ3v) is 6.29. The number of benzene rings is 1. The summed E-state index contributed by atoms with van der Waals surface area (Å²) in [6.45, 7) is 2.79. The van der Waals surface area contributed by atoms with Gasteiger partial charge in [0.25, 0.3) is 5.91 Å². The summed E-state index contributed by atoms with van der Waals surface area (Å²) in [6, 6.07) is 13.4. The van der Waals surface area contributed by atoms with Crippen molar-refractivity contribution < 1.29 is 14.1 Å². The molecule has 0 N–H and O–H groups in total. The van der Waals surface area contributed by atoms with Gasteiger partial charge in [-0.2, -0.15) is 0 Å². The number of hydrogen-bond donors (Lipinski definition) is 0. The first-order valence-corrected chi connectivity index (χ1v) is 10.7. The Labute approximate surface area is 177 Å². The summed E-state index contributed by atoms with van der Waals surface area (Å²) in [5.41, 5.74) is 2.19. The Morgan fingerprint density at radius 3 is 3.03 bits per heavy atom. The Hall–Kier alpha value is -3.26. The summed E-state index contributed by atoms with van der Waals surface area (Å²) in [6.07, 6.45) is 3.50. The van der Waals surface area contributed by atoms with Crippen LogP contribution in [0.1, 0.15) is 45.8 Å². The SMILES string of the molecule is Cc1ccc(OCc2cc(C(=O)N3CCCC3c3nc4ccccc4s3)no2)cn1. The maximum Gasteiger partial charge on any atom is 0.276 e. The number of ether oxygens (including phenoxy) is 1. The lowest BCUT2D eigenvalue weighted by Gasteiger charge is -2.21. The average Bonchev–Trinajstić information content (AvgIpc) is 3.51. The second kappa shape index (κ2) is 7.87. The molecule has 0 spiro atoms. The Morgan fingerprint density at radius 2 is 2.20 bits per heavy atom. The zero-order chi connectivity index (χ0) is 20.5. The molecule has 7 nitrogen and oxygen atoms in total. The van der Waals surface area contributed by atoms with Crippen molar-refractivity contribution >= 4 is 27.5 Å². The number of carbonyl (C=O) groups is 1. The molecule has 4 aromatic rings. The number of amides is 1. The molecule has 1 amide bonds. The molecule has 5 rings (SSSR count). The first-order chi connectivity index (χ1) is 14.7. The van der Waals surface area contributed by atoms with Crippen LogP contribution < -0.4 is 4.74 Å². The molecule has 0 radical (unpaired) electrons. The minimum Gasteiger partial charge on any atom is -0.484 e. The van der Waals surface area contributed by atoms with Gasteiger partial charge in [0.2, 0.25) is 0 Å². The molecule has 152 valence electrons. The van der Waals surface area contributed by atoms with Crippen LogP contribution in [0.2, 0.25) is 0 Å². The predicted octanol–water partition coefficient (Wildman–Crippen LogP) is 4.54. The number of pyridine rings is 1. The molecule has 0 saturated carbocycles. The fourth-order valence-corrected chi connectivity index (χ4v) is 4.74. The fraction of sp³-hybridized carbons (Fsp3) is 0.273. The topological polar surface area (TPSA) is 81.4 Å². The van der Waals surface area contributed by atoms with Crippen molar-refractivity contribution in [2.45, 2.75) is 32.4 Å². The van der Waals surface area contributed by atoms with Crippen molar-refractivity contribution in [1.82, 2.24) is 20.0 Å². The number of rotatable bonds is 5. The Morgan fingerprint density at radius 1 is 1.30 bits per heavy atom. The van der Waals surface area contributed by atoms with Crippen molar-refractivity contribution in [3.05, 3.63) is 70.8 Å². The van der Waals surface area contributed by atoms with E-state index in [0.717, 1.165) is 33.8 Å². The average molecular weight is 420 g/mol. The first-order valence-electron chi connectivity index (χ1n) is 9.85. The van der Waals surface area contributed by atoms with Gasteiger partial charge in [-0.3, -0.25) is 9.78 Å². The van der Waals surface area contributed by atoms with E-state index in [0.29, 0.717) is 23.7 Å². The molecule has 1 aliphatic rings. The summed E-state index contributed by atoms with van der Waals surface area (Å²) >= 11 is 1.65. The zero-order valence-corrected chi connectivity index (χ0v) is 17.3.